The number of aliphatic carboxylic acids is 1. The molecule has 0 amide bonds. The standard InChI is InChI=1S/C5H10O2Si/c1-4(3-8-2)5(6)7/h3H,8H2,1-2H3,(H,6,7). The Kier molecular flexibility index (Phi) is 3.19. The van der Waals surface area contributed by atoms with Gasteiger partial charge in [-0.15, -0.1) is 0 Å². The molecule has 0 atom stereocenters. The highest BCUT2D eigenvalue weighted by molar-refractivity contribution is 6.41. The molecule has 1 N–H and O–H groups in total. The number of carbonyl (C=O) groups is 1. The van der Waals surface area contributed by atoms with Gasteiger partial charge >= 0.3 is 5.97 Å². The Hall–Kier alpha value is -0.573. The summed E-state index contributed by atoms with van der Waals surface area (Å²) in [5.74, 6) is -0.792. The van der Waals surface area contributed by atoms with Crippen LogP contribution in [0.3, 0.4) is 0 Å². The Morgan fingerprint density at radius 3 is 2.38 bits per heavy atom. The molecule has 8 heavy (non-hydrogen) atoms. The average Bonchev–Trinajstić information content (AvgIpc) is 1.67. The van der Waals surface area contributed by atoms with Crippen molar-refractivity contribution >= 4 is 15.5 Å². The maximum atomic E-state index is 10.0. The smallest absolute Gasteiger partial charge is 0.330 e. The number of hydrogen-bond acceptors (Lipinski definition) is 1. The second-order valence-corrected chi connectivity index (χ2v) is 2.83. The Morgan fingerprint density at radius 2 is 2.25 bits per heavy atom. The van der Waals surface area contributed by atoms with Crippen molar-refractivity contribution in [3.63, 3.8) is 0 Å². The third kappa shape index (κ3) is 2.57. The Bertz CT molecular complexity index is 118. The van der Waals surface area contributed by atoms with Crippen LogP contribution in [0.15, 0.2) is 11.3 Å². The summed E-state index contributed by atoms with van der Waals surface area (Å²) >= 11 is 0. The second-order valence-electron chi connectivity index (χ2n) is 1.60. The molecule has 0 aromatic heterocycles. The van der Waals surface area contributed by atoms with Gasteiger partial charge in [-0.3, -0.25) is 0 Å². The molecule has 0 bridgehead atoms. The van der Waals surface area contributed by atoms with Gasteiger partial charge in [-0.05, 0) is 6.92 Å². The predicted octanol–water partition coefficient (Wildman–Crippen LogP) is 0.192. The largest absolute Gasteiger partial charge is 0.478 e. The third-order valence-electron chi connectivity index (χ3n) is 0.848. The molecule has 0 rings (SSSR count). The van der Waals surface area contributed by atoms with E-state index in [1.165, 1.54) is 0 Å². The van der Waals surface area contributed by atoms with Gasteiger partial charge < -0.3 is 5.11 Å². The normalized spacial score (nSPS) is 13.0. The third-order valence-corrected chi connectivity index (χ3v) is 1.87. The van der Waals surface area contributed by atoms with Gasteiger partial charge in [0.25, 0.3) is 0 Å². The van der Waals surface area contributed by atoms with Gasteiger partial charge in [0.15, 0.2) is 0 Å². The van der Waals surface area contributed by atoms with Gasteiger partial charge in [-0.25, -0.2) is 4.79 Å². The van der Waals surface area contributed by atoms with E-state index in [1.54, 1.807) is 6.92 Å². The molecule has 3 heteroatoms. The summed E-state index contributed by atoms with van der Waals surface area (Å²) in [5, 5.41) is 8.27. The summed E-state index contributed by atoms with van der Waals surface area (Å²) < 4.78 is 0. The van der Waals surface area contributed by atoms with Crippen LogP contribution in [0.4, 0.5) is 0 Å². The van der Waals surface area contributed by atoms with Crippen molar-refractivity contribution in [2.45, 2.75) is 13.5 Å². The van der Waals surface area contributed by atoms with Crippen LogP contribution in [0.2, 0.25) is 6.55 Å². The summed E-state index contributed by atoms with van der Waals surface area (Å²) in [6.45, 7) is 3.67. The molecule has 0 aromatic rings. The van der Waals surface area contributed by atoms with Crippen molar-refractivity contribution in [3.8, 4) is 0 Å². The molecule has 2 nitrogen and oxygen atoms in total. The number of carboxylic acid groups (broad SMARTS) is 1. The molecular weight excluding hydrogens is 120 g/mol. The zero-order chi connectivity index (χ0) is 6.57. The van der Waals surface area contributed by atoms with E-state index in [1.807, 2.05) is 12.2 Å². The van der Waals surface area contributed by atoms with E-state index in [4.69, 9.17) is 5.11 Å². The highest BCUT2D eigenvalue weighted by Gasteiger charge is 1.94. The summed E-state index contributed by atoms with van der Waals surface area (Å²) in [6.07, 6.45) is 0. The summed E-state index contributed by atoms with van der Waals surface area (Å²) in [6, 6.07) is 0. The van der Waals surface area contributed by atoms with Crippen LogP contribution in [-0.4, -0.2) is 20.6 Å². The van der Waals surface area contributed by atoms with Crippen molar-refractivity contribution in [1.29, 1.82) is 0 Å². The van der Waals surface area contributed by atoms with Gasteiger partial charge in [0, 0.05) is 15.1 Å². The van der Waals surface area contributed by atoms with E-state index < -0.39 is 5.97 Å². The molecule has 0 fully saturated rings. The number of rotatable bonds is 2. The lowest BCUT2D eigenvalue weighted by atomic mass is 10.4. The fourth-order valence-electron chi connectivity index (χ4n) is 0.393. The van der Waals surface area contributed by atoms with Gasteiger partial charge in [0.1, 0.15) is 0 Å². The average molecular weight is 130 g/mol. The summed E-state index contributed by atoms with van der Waals surface area (Å²) in [5.41, 5.74) is 2.31. The van der Waals surface area contributed by atoms with E-state index >= 15 is 0 Å². The van der Waals surface area contributed by atoms with Gasteiger partial charge in [-0.2, -0.15) is 0 Å². The van der Waals surface area contributed by atoms with Crippen LogP contribution in [0.1, 0.15) is 6.92 Å². The quantitative estimate of drug-likeness (QED) is 0.428. The van der Waals surface area contributed by atoms with Gasteiger partial charge in [0.2, 0.25) is 0 Å². The van der Waals surface area contributed by atoms with Crippen LogP contribution in [0.25, 0.3) is 0 Å². The van der Waals surface area contributed by atoms with Crippen LogP contribution >= 0.6 is 0 Å². The van der Waals surface area contributed by atoms with Crippen LogP contribution in [0.5, 0.6) is 0 Å². The highest BCUT2D eigenvalue weighted by atomic mass is 28.2. The lowest BCUT2D eigenvalue weighted by Gasteiger charge is -1.86. The van der Waals surface area contributed by atoms with Crippen molar-refractivity contribution in [3.05, 3.63) is 11.3 Å². The fraction of sp³-hybridized carbons (Fsp3) is 0.400. The van der Waals surface area contributed by atoms with E-state index in [-0.39, 0.29) is 9.52 Å². The van der Waals surface area contributed by atoms with Crippen LogP contribution in [0, 0.1) is 0 Å². The first kappa shape index (κ1) is 7.43. The highest BCUT2D eigenvalue weighted by Crippen LogP contribution is 1.88. The zero-order valence-corrected chi connectivity index (χ0v) is 6.55. The second kappa shape index (κ2) is 3.43. The maximum absolute atomic E-state index is 10.0. The molecule has 46 valence electrons. The van der Waals surface area contributed by atoms with Crippen molar-refractivity contribution in [1.82, 2.24) is 0 Å². The van der Waals surface area contributed by atoms with Gasteiger partial charge in [-0.1, -0.05) is 12.2 Å². The first-order valence-electron chi connectivity index (χ1n) is 2.58. The molecule has 0 spiro atoms. The molecule has 0 heterocycles. The molecular formula is C5H10O2Si. The lowest BCUT2D eigenvalue weighted by Crippen LogP contribution is -1.96. The summed E-state index contributed by atoms with van der Waals surface area (Å²) in [7, 11) is -0.219. The molecule has 0 aliphatic heterocycles. The van der Waals surface area contributed by atoms with E-state index in [9.17, 15) is 4.79 Å². The monoisotopic (exact) mass is 130 g/mol. The van der Waals surface area contributed by atoms with E-state index in [0.717, 1.165) is 0 Å². The van der Waals surface area contributed by atoms with Gasteiger partial charge in [0.05, 0.1) is 0 Å². The first-order chi connectivity index (χ1) is 3.68. The molecule has 0 aliphatic carbocycles. The number of hydrogen-bond donors (Lipinski definition) is 1. The lowest BCUT2D eigenvalue weighted by molar-refractivity contribution is -0.132. The fourth-order valence-corrected chi connectivity index (χ4v) is 1.18. The Balaban J connectivity index is 3.80. The van der Waals surface area contributed by atoms with Crippen LogP contribution < -0.4 is 0 Å². The molecule has 0 saturated carbocycles. The van der Waals surface area contributed by atoms with Crippen molar-refractivity contribution in [2.24, 2.45) is 0 Å². The maximum Gasteiger partial charge on any atom is 0.330 e. The minimum atomic E-state index is -0.792. The molecule has 0 unspecified atom stereocenters. The molecule has 0 saturated heterocycles. The molecule has 0 radical (unpaired) electrons. The predicted molar refractivity (Wildman–Crippen MR) is 35.8 cm³/mol. The molecule has 0 aromatic carbocycles. The van der Waals surface area contributed by atoms with Crippen molar-refractivity contribution < 1.29 is 9.90 Å². The Morgan fingerprint density at radius 1 is 1.75 bits per heavy atom. The van der Waals surface area contributed by atoms with Crippen LogP contribution in [-0.2, 0) is 4.79 Å². The van der Waals surface area contributed by atoms with Crippen molar-refractivity contribution in [2.75, 3.05) is 0 Å². The first-order valence-corrected chi connectivity index (χ1v) is 4.81. The van der Waals surface area contributed by atoms with E-state index in [2.05, 4.69) is 0 Å². The number of carboxylic acids is 1. The van der Waals surface area contributed by atoms with E-state index in [0.29, 0.717) is 5.57 Å². The zero-order valence-electron chi connectivity index (χ0n) is 5.14. The SMILES string of the molecule is C[SiH2]C=C(C)C(=O)O. The summed E-state index contributed by atoms with van der Waals surface area (Å²) in [4.78, 5) is 10.0. The minimum Gasteiger partial charge on any atom is -0.478 e. The topological polar surface area (TPSA) is 37.3 Å². The minimum absolute atomic E-state index is 0.219. The Labute approximate surface area is 51.0 Å². The molecule has 0 aliphatic rings.